The molecule has 1 heterocycles. The second-order valence-electron chi connectivity index (χ2n) is 1.84. The van der Waals surface area contributed by atoms with Crippen LogP contribution in [0.2, 0.25) is 0 Å². The van der Waals surface area contributed by atoms with E-state index in [-0.39, 0.29) is 0 Å². The topological polar surface area (TPSA) is 67.5 Å². The van der Waals surface area contributed by atoms with Gasteiger partial charge in [0.25, 0.3) is 0 Å². The van der Waals surface area contributed by atoms with Crippen LogP contribution < -0.4 is 0 Å². The molecule has 1 aromatic heterocycles. The molecule has 0 unspecified atom stereocenters. The van der Waals surface area contributed by atoms with Crippen LogP contribution in [0.15, 0.2) is 21.6 Å². The molecule has 0 saturated heterocycles. The first-order valence-electron chi connectivity index (χ1n) is 2.54. The summed E-state index contributed by atoms with van der Waals surface area (Å²) in [5.74, 6) is 0.452. The third-order valence-corrected chi connectivity index (χ3v) is 1.70. The Bertz CT molecular complexity index is 321. The fourth-order valence-corrected chi connectivity index (χ4v) is 1.03. The van der Waals surface area contributed by atoms with E-state index in [0.717, 1.165) is 0 Å². The Morgan fingerprint density at radius 3 is 2.30 bits per heavy atom. The van der Waals surface area contributed by atoms with Crippen LogP contribution in [0.1, 0.15) is 5.76 Å². The summed E-state index contributed by atoms with van der Waals surface area (Å²) < 4.78 is 33.6. The molecule has 56 valence electrons. The first kappa shape index (κ1) is 7.30. The highest BCUT2D eigenvalue weighted by Crippen LogP contribution is 2.11. The van der Waals surface area contributed by atoms with Crippen LogP contribution in [-0.2, 0) is 10.1 Å². The maximum absolute atomic E-state index is 10.3. The van der Waals surface area contributed by atoms with Crippen LogP contribution in [0.3, 0.4) is 0 Å². The van der Waals surface area contributed by atoms with Crippen molar-refractivity contribution in [1.82, 2.24) is 0 Å². The van der Waals surface area contributed by atoms with E-state index in [0.29, 0.717) is 5.76 Å². The molecule has 0 atom stereocenters. The molecular weight excluding hydrogens is 156 g/mol. The summed E-state index contributed by atoms with van der Waals surface area (Å²) in [4.78, 5) is 0. The maximum Gasteiger partial charge on any atom is 0.328 e. The number of hydrogen-bond donors (Lipinski definition) is 1. The molecule has 0 bridgehead atoms. The predicted molar refractivity (Wildman–Crippen MR) is 33.3 cm³/mol. The minimum absolute atomic E-state index is 0.412. The van der Waals surface area contributed by atoms with Gasteiger partial charge < -0.3 is 4.42 Å². The number of rotatable bonds is 1. The van der Waals surface area contributed by atoms with Crippen LogP contribution in [0.4, 0.5) is 0 Å². The molecule has 1 N–H and O–H groups in total. The summed E-state index contributed by atoms with van der Waals surface area (Å²) in [7, 11) is -4.15. The van der Waals surface area contributed by atoms with E-state index >= 15 is 0 Å². The third kappa shape index (κ3) is 1.37. The zero-order valence-electron chi connectivity index (χ0n) is 5.23. The van der Waals surface area contributed by atoms with E-state index in [1.807, 2.05) is 0 Å². The van der Waals surface area contributed by atoms with Gasteiger partial charge in [-0.1, -0.05) is 0 Å². The van der Waals surface area contributed by atoms with Gasteiger partial charge in [0.2, 0.25) is 5.09 Å². The van der Waals surface area contributed by atoms with E-state index < -0.39 is 15.2 Å². The summed E-state index contributed by atoms with van der Waals surface area (Å²) in [5, 5.41) is -0.412. The molecule has 5 heteroatoms. The van der Waals surface area contributed by atoms with Gasteiger partial charge in [-0.3, -0.25) is 4.55 Å². The van der Waals surface area contributed by atoms with E-state index in [9.17, 15) is 8.42 Å². The Morgan fingerprint density at radius 2 is 2.10 bits per heavy atom. The summed E-state index contributed by atoms with van der Waals surface area (Å²) in [6.07, 6.45) is 0. The smallest absolute Gasteiger partial charge is 0.328 e. The number of hydrogen-bond acceptors (Lipinski definition) is 3. The Hall–Kier alpha value is -0.810. The summed E-state index contributed by atoms with van der Waals surface area (Å²) in [6, 6.07) is 2.66. The molecule has 0 saturated carbocycles. The second kappa shape index (κ2) is 2.10. The molecule has 0 aromatic carbocycles. The van der Waals surface area contributed by atoms with Crippen molar-refractivity contribution in [2.45, 2.75) is 12.0 Å². The van der Waals surface area contributed by atoms with Gasteiger partial charge in [-0.2, -0.15) is 8.42 Å². The normalized spacial score (nSPS) is 11.8. The quantitative estimate of drug-likeness (QED) is 0.621. The first-order valence-corrected chi connectivity index (χ1v) is 3.98. The Morgan fingerprint density at radius 1 is 1.50 bits per heavy atom. The summed E-state index contributed by atoms with van der Waals surface area (Å²) in [5.41, 5.74) is 0. The lowest BCUT2D eigenvalue weighted by atomic mass is 10.5. The van der Waals surface area contributed by atoms with Crippen molar-refractivity contribution in [3.63, 3.8) is 0 Å². The molecule has 0 fully saturated rings. The molecule has 1 rings (SSSR count). The molecule has 0 aliphatic carbocycles. The molecule has 1 aromatic rings. The van der Waals surface area contributed by atoms with Crippen LogP contribution >= 0.6 is 0 Å². The molecule has 0 aliphatic heterocycles. The van der Waals surface area contributed by atoms with Crippen molar-refractivity contribution < 1.29 is 17.4 Å². The van der Waals surface area contributed by atoms with E-state index in [1.165, 1.54) is 12.1 Å². The van der Waals surface area contributed by atoms with Gasteiger partial charge in [0, 0.05) is 0 Å². The fourth-order valence-electron chi connectivity index (χ4n) is 0.551. The lowest BCUT2D eigenvalue weighted by Gasteiger charge is -1.86. The number of aryl methyl sites for hydroxylation is 1. The van der Waals surface area contributed by atoms with Crippen molar-refractivity contribution in [3.8, 4) is 0 Å². The monoisotopic (exact) mass is 162 g/mol. The Kier molecular flexibility index (Phi) is 1.53. The van der Waals surface area contributed by atoms with Gasteiger partial charge in [-0.15, -0.1) is 0 Å². The number of furan rings is 1. The SMILES string of the molecule is Cc1ccc(S(=O)(=O)O)o1. The van der Waals surface area contributed by atoms with Crippen LogP contribution in [0, 0.1) is 6.92 Å². The minimum atomic E-state index is -4.15. The second-order valence-corrected chi connectivity index (χ2v) is 3.19. The van der Waals surface area contributed by atoms with Crippen LogP contribution in [0.25, 0.3) is 0 Å². The van der Waals surface area contributed by atoms with Crippen molar-refractivity contribution >= 4 is 10.1 Å². The summed E-state index contributed by atoms with van der Waals surface area (Å²) >= 11 is 0. The first-order chi connectivity index (χ1) is 4.50. The molecule has 4 nitrogen and oxygen atoms in total. The van der Waals surface area contributed by atoms with Crippen molar-refractivity contribution in [2.24, 2.45) is 0 Å². The predicted octanol–water partition coefficient (Wildman–Crippen LogP) is 0.835. The zero-order chi connectivity index (χ0) is 7.78. The fraction of sp³-hybridized carbons (Fsp3) is 0.200. The average molecular weight is 162 g/mol. The van der Waals surface area contributed by atoms with Gasteiger partial charge in [0.1, 0.15) is 5.76 Å². The van der Waals surface area contributed by atoms with Crippen LogP contribution in [0.5, 0.6) is 0 Å². The van der Waals surface area contributed by atoms with Gasteiger partial charge in [-0.25, -0.2) is 0 Å². The lowest BCUT2D eigenvalue weighted by Crippen LogP contribution is -1.94. The highest BCUT2D eigenvalue weighted by atomic mass is 32.2. The summed E-state index contributed by atoms with van der Waals surface area (Å²) in [6.45, 7) is 1.59. The van der Waals surface area contributed by atoms with Crippen molar-refractivity contribution in [1.29, 1.82) is 0 Å². The Labute approximate surface area is 58.2 Å². The Balaban J connectivity index is 3.21. The van der Waals surface area contributed by atoms with Gasteiger partial charge in [-0.05, 0) is 19.1 Å². The standard InChI is InChI=1S/C5H6O4S/c1-4-2-3-5(9-4)10(6,7)8/h2-3H,1H3,(H,6,7,8). The van der Waals surface area contributed by atoms with E-state index in [2.05, 4.69) is 4.42 Å². The largest absolute Gasteiger partial charge is 0.448 e. The lowest BCUT2D eigenvalue weighted by molar-refractivity contribution is 0.394. The third-order valence-electron chi connectivity index (χ3n) is 0.970. The molecule has 0 aliphatic rings. The average Bonchev–Trinajstić information content (AvgIpc) is 2.11. The molecule has 0 spiro atoms. The van der Waals surface area contributed by atoms with Crippen molar-refractivity contribution in [2.75, 3.05) is 0 Å². The molecular formula is C5H6O4S. The van der Waals surface area contributed by atoms with Crippen LogP contribution in [-0.4, -0.2) is 13.0 Å². The van der Waals surface area contributed by atoms with E-state index in [4.69, 9.17) is 4.55 Å². The highest BCUT2D eigenvalue weighted by molar-refractivity contribution is 7.85. The van der Waals surface area contributed by atoms with Gasteiger partial charge >= 0.3 is 10.1 Å². The molecule has 0 amide bonds. The molecule has 0 radical (unpaired) electrons. The molecule has 10 heavy (non-hydrogen) atoms. The highest BCUT2D eigenvalue weighted by Gasteiger charge is 2.12. The minimum Gasteiger partial charge on any atom is -0.448 e. The van der Waals surface area contributed by atoms with Gasteiger partial charge in [0.15, 0.2) is 0 Å². The van der Waals surface area contributed by atoms with Gasteiger partial charge in [0.05, 0.1) is 0 Å². The van der Waals surface area contributed by atoms with E-state index in [1.54, 1.807) is 6.92 Å². The zero-order valence-corrected chi connectivity index (χ0v) is 6.05. The maximum atomic E-state index is 10.3. The van der Waals surface area contributed by atoms with Crippen molar-refractivity contribution in [3.05, 3.63) is 17.9 Å².